The molecule has 2 rings (SSSR count). The molecule has 4 heteroatoms. The molecule has 0 radical (unpaired) electrons. The highest BCUT2D eigenvalue weighted by Gasteiger charge is 2.16. The predicted octanol–water partition coefficient (Wildman–Crippen LogP) is 3.80. The van der Waals surface area contributed by atoms with E-state index >= 15 is 0 Å². The SMILES string of the molecule is CC(Cl)c1cc2c(cc1Cl)OCCCO2. The van der Waals surface area contributed by atoms with Crippen molar-refractivity contribution in [1.29, 1.82) is 0 Å². The van der Waals surface area contributed by atoms with Gasteiger partial charge in [0, 0.05) is 17.5 Å². The van der Waals surface area contributed by atoms with Crippen molar-refractivity contribution in [3.8, 4) is 11.5 Å². The molecule has 1 aromatic carbocycles. The third-order valence-corrected chi connectivity index (χ3v) is 2.86. The lowest BCUT2D eigenvalue weighted by Gasteiger charge is -2.12. The molecular formula is C11H12Cl2O2. The second-order valence-corrected chi connectivity index (χ2v) is 4.55. The number of alkyl halides is 1. The summed E-state index contributed by atoms with van der Waals surface area (Å²) < 4.78 is 11.1. The molecule has 0 aliphatic carbocycles. The maximum atomic E-state index is 6.09. The van der Waals surface area contributed by atoms with Crippen LogP contribution in [0.3, 0.4) is 0 Å². The van der Waals surface area contributed by atoms with Crippen molar-refractivity contribution in [3.05, 3.63) is 22.7 Å². The van der Waals surface area contributed by atoms with Crippen molar-refractivity contribution in [2.24, 2.45) is 0 Å². The van der Waals surface area contributed by atoms with Gasteiger partial charge in [-0.25, -0.2) is 0 Å². The Kier molecular flexibility index (Phi) is 3.27. The number of fused-ring (bicyclic) bond motifs is 1. The second-order valence-electron chi connectivity index (χ2n) is 3.49. The lowest BCUT2D eigenvalue weighted by molar-refractivity contribution is 0.297. The lowest BCUT2D eigenvalue weighted by atomic mass is 10.1. The van der Waals surface area contributed by atoms with Crippen LogP contribution in [0.2, 0.25) is 5.02 Å². The molecule has 1 atom stereocenters. The Labute approximate surface area is 99.1 Å². The first-order chi connectivity index (χ1) is 7.18. The average Bonchev–Trinajstić information content (AvgIpc) is 2.40. The van der Waals surface area contributed by atoms with Crippen molar-refractivity contribution < 1.29 is 9.47 Å². The highest BCUT2D eigenvalue weighted by Crippen LogP contribution is 2.38. The van der Waals surface area contributed by atoms with E-state index in [1.807, 2.05) is 13.0 Å². The Morgan fingerprint density at radius 3 is 2.40 bits per heavy atom. The van der Waals surface area contributed by atoms with E-state index in [9.17, 15) is 0 Å². The smallest absolute Gasteiger partial charge is 0.162 e. The molecule has 1 aromatic rings. The lowest BCUT2D eigenvalue weighted by Crippen LogP contribution is -1.97. The van der Waals surface area contributed by atoms with E-state index in [0.29, 0.717) is 24.0 Å². The minimum absolute atomic E-state index is 0.130. The van der Waals surface area contributed by atoms with E-state index in [1.54, 1.807) is 6.07 Å². The normalized spacial score (nSPS) is 17.0. The van der Waals surface area contributed by atoms with Crippen LogP contribution in [0.4, 0.5) is 0 Å². The fraction of sp³-hybridized carbons (Fsp3) is 0.455. The highest BCUT2D eigenvalue weighted by atomic mass is 35.5. The van der Waals surface area contributed by atoms with Crippen LogP contribution < -0.4 is 9.47 Å². The van der Waals surface area contributed by atoms with E-state index in [0.717, 1.165) is 17.7 Å². The molecule has 0 spiro atoms. The molecule has 0 fully saturated rings. The highest BCUT2D eigenvalue weighted by molar-refractivity contribution is 6.33. The maximum Gasteiger partial charge on any atom is 0.162 e. The Morgan fingerprint density at radius 1 is 1.20 bits per heavy atom. The quantitative estimate of drug-likeness (QED) is 0.702. The maximum absolute atomic E-state index is 6.09. The van der Waals surface area contributed by atoms with Crippen molar-refractivity contribution in [2.75, 3.05) is 13.2 Å². The Morgan fingerprint density at radius 2 is 1.80 bits per heavy atom. The van der Waals surface area contributed by atoms with E-state index in [-0.39, 0.29) is 5.38 Å². The standard InChI is InChI=1S/C11H12Cl2O2/c1-7(12)8-5-10-11(6-9(8)13)15-4-2-3-14-10/h5-7H,2-4H2,1H3. The van der Waals surface area contributed by atoms with Crippen LogP contribution in [0.15, 0.2) is 12.1 Å². The minimum Gasteiger partial charge on any atom is -0.490 e. The van der Waals surface area contributed by atoms with Crippen molar-refractivity contribution in [1.82, 2.24) is 0 Å². The predicted molar refractivity (Wildman–Crippen MR) is 61.3 cm³/mol. The molecule has 0 amide bonds. The van der Waals surface area contributed by atoms with Crippen molar-refractivity contribution in [2.45, 2.75) is 18.7 Å². The zero-order chi connectivity index (χ0) is 10.8. The summed E-state index contributed by atoms with van der Waals surface area (Å²) in [7, 11) is 0. The topological polar surface area (TPSA) is 18.5 Å². The van der Waals surface area contributed by atoms with E-state index in [2.05, 4.69) is 0 Å². The van der Waals surface area contributed by atoms with Crippen LogP contribution >= 0.6 is 23.2 Å². The first kappa shape index (κ1) is 10.9. The van der Waals surface area contributed by atoms with Gasteiger partial charge in [-0.15, -0.1) is 11.6 Å². The number of benzene rings is 1. The zero-order valence-electron chi connectivity index (χ0n) is 8.43. The third kappa shape index (κ3) is 2.32. The van der Waals surface area contributed by atoms with E-state index in [4.69, 9.17) is 32.7 Å². The van der Waals surface area contributed by atoms with Gasteiger partial charge in [0.2, 0.25) is 0 Å². The largest absolute Gasteiger partial charge is 0.490 e. The number of hydrogen-bond donors (Lipinski definition) is 0. The van der Waals surface area contributed by atoms with Crippen LogP contribution in [0, 0.1) is 0 Å². The molecule has 1 aliphatic rings. The van der Waals surface area contributed by atoms with Gasteiger partial charge in [0.1, 0.15) is 0 Å². The number of hydrogen-bond acceptors (Lipinski definition) is 2. The number of halogens is 2. The second kappa shape index (κ2) is 4.50. The van der Waals surface area contributed by atoms with Gasteiger partial charge in [-0.3, -0.25) is 0 Å². The summed E-state index contributed by atoms with van der Waals surface area (Å²) in [6.45, 7) is 3.22. The molecule has 0 bridgehead atoms. The van der Waals surface area contributed by atoms with Crippen LogP contribution in [-0.4, -0.2) is 13.2 Å². The fourth-order valence-corrected chi connectivity index (χ4v) is 2.06. The Balaban J connectivity index is 2.42. The molecule has 0 N–H and O–H groups in total. The van der Waals surface area contributed by atoms with Gasteiger partial charge in [0.15, 0.2) is 11.5 Å². The molecule has 1 heterocycles. The minimum atomic E-state index is -0.130. The monoisotopic (exact) mass is 246 g/mol. The Bertz CT molecular complexity index is 364. The fourth-order valence-electron chi connectivity index (χ4n) is 1.50. The van der Waals surface area contributed by atoms with Crippen LogP contribution in [0.1, 0.15) is 24.3 Å². The summed E-state index contributed by atoms with van der Waals surface area (Å²) in [5.41, 5.74) is 0.877. The van der Waals surface area contributed by atoms with E-state index < -0.39 is 0 Å². The first-order valence-electron chi connectivity index (χ1n) is 4.91. The first-order valence-corrected chi connectivity index (χ1v) is 5.73. The van der Waals surface area contributed by atoms with Crippen LogP contribution in [0.5, 0.6) is 11.5 Å². The van der Waals surface area contributed by atoms with Crippen molar-refractivity contribution >= 4 is 23.2 Å². The average molecular weight is 247 g/mol. The molecule has 15 heavy (non-hydrogen) atoms. The van der Waals surface area contributed by atoms with Gasteiger partial charge >= 0.3 is 0 Å². The summed E-state index contributed by atoms with van der Waals surface area (Å²) in [5, 5.41) is 0.497. The molecule has 1 unspecified atom stereocenters. The molecule has 2 nitrogen and oxygen atoms in total. The summed E-state index contributed by atoms with van der Waals surface area (Å²) in [6.07, 6.45) is 0.887. The number of ether oxygens (including phenoxy) is 2. The van der Waals surface area contributed by atoms with Crippen LogP contribution in [0.25, 0.3) is 0 Å². The van der Waals surface area contributed by atoms with Crippen molar-refractivity contribution in [3.63, 3.8) is 0 Å². The van der Waals surface area contributed by atoms with E-state index in [1.165, 1.54) is 0 Å². The molecule has 82 valence electrons. The Hall–Kier alpha value is -0.600. The van der Waals surface area contributed by atoms with Gasteiger partial charge in [-0.2, -0.15) is 0 Å². The van der Waals surface area contributed by atoms with Gasteiger partial charge in [-0.05, 0) is 18.6 Å². The van der Waals surface area contributed by atoms with Gasteiger partial charge in [0.05, 0.1) is 18.6 Å². The summed E-state index contributed by atoms with van der Waals surface area (Å²) in [6, 6.07) is 3.64. The summed E-state index contributed by atoms with van der Waals surface area (Å²) in [4.78, 5) is 0. The summed E-state index contributed by atoms with van der Waals surface area (Å²) >= 11 is 12.1. The molecule has 1 aliphatic heterocycles. The van der Waals surface area contributed by atoms with Gasteiger partial charge in [0.25, 0.3) is 0 Å². The molecule has 0 saturated heterocycles. The molecular weight excluding hydrogens is 235 g/mol. The zero-order valence-corrected chi connectivity index (χ0v) is 9.94. The summed E-state index contributed by atoms with van der Waals surface area (Å²) in [5.74, 6) is 1.44. The molecule has 0 aromatic heterocycles. The third-order valence-electron chi connectivity index (χ3n) is 2.30. The molecule has 0 saturated carbocycles. The van der Waals surface area contributed by atoms with Crippen LogP contribution in [-0.2, 0) is 0 Å². The van der Waals surface area contributed by atoms with Gasteiger partial charge in [-0.1, -0.05) is 11.6 Å². The number of rotatable bonds is 1. The van der Waals surface area contributed by atoms with Gasteiger partial charge < -0.3 is 9.47 Å².